The van der Waals surface area contributed by atoms with E-state index in [4.69, 9.17) is 4.74 Å². The normalized spacial score (nSPS) is 21.9. The van der Waals surface area contributed by atoms with Gasteiger partial charge in [-0.25, -0.2) is 0 Å². The van der Waals surface area contributed by atoms with E-state index in [1.54, 1.807) is 18.5 Å². The molecule has 180 valence electrons. The Morgan fingerprint density at radius 1 is 1.18 bits per heavy atom. The molecular formula is C25H28F3N5O. The number of halogens is 3. The van der Waals surface area contributed by atoms with Gasteiger partial charge in [0.05, 0.1) is 29.5 Å². The SMILES string of the molecule is Cc1c([C@@H](C)Nc2nncc3ncc(OC4CCN5CCCC5C4)cc23)cccc1C(F)(F)F. The first-order valence-corrected chi connectivity index (χ1v) is 11.7. The van der Waals surface area contributed by atoms with E-state index >= 15 is 0 Å². The topological polar surface area (TPSA) is 63.2 Å². The number of fused-ring (bicyclic) bond motifs is 2. The minimum absolute atomic E-state index is 0.150. The zero-order valence-electron chi connectivity index (χ0n) is 19.3. The van der Waals surface area contributed by atoms with Crippen LogP contribution in [-0.4, -0.2) is 45.3 Å². The summed E-state index contributed by atoms with van der Waals surface area (Å²) < 4.78 is 46.4. The molecule has 6 nitrogen and oxygen atoms in total. The minimum atomic E-state index is -4.40. The zero-order valence-corrected chi connectivity index (χ0v) is 19.3. The van der Waals surface area contributed by atoms with E-state index in [9.17, 15) is 13.2 Å². The van der Waals surface area contributed by atoms with Crippen molar-refractivity contribution in [2.24, 2.45) is 0 Å². The molecule has 5 rings (SSSR count). The number of aromatic nitrogens is 3. The van der Waals surface area contributed by atoms with Crippen molar-refractivity contribution in [2.45, 2.75) is 63.9 Å². The third-order valence-corrected chi connectivity index (χ3v) is 7.06. The molecule has 34 heavy (non-hydrogen) atoms. The Bertz CT molecular complexity index is 1180. The highest BCUT2D eigenvalue weighted by molar-refractivity contribution is 5.89. The summed E-state index contributed by atoms with van der Waals surface area (Å²) in [7, 11) is 0. The van der Waals surface area contributed by atoms with Crippen LogP contribution in [0.15, 0.2) is 36.7 Å². The fraction of sp³-hybridized carbons (Fsp3) is 0.480. The Morgan fingerprint density at radius 3 is 2.85 bits per heavy atom. The molecule has 9 heteroatoms. The molecule has 2 aliphatic heterocycles. The lowest BCUT2D eigenvalue weighted by atomic mass is 9.97. The number of pyridine rings is 1. The quantitative estimate of drug-likeness (QED) is 0.528. The molecule has 0 radical (unpaired) electrons. The molecule has 1 aromatic carbocycles. The van der Waals surface area contributed by atoms with Crippen molar-refractivity contribution in [1.82, 2.24) is 20.1 Å². The molecule has 2 saturated heterocycles. The maximum atomic E-state index is 13.4. The van der Waals surface area contributed by atoms with Crippen molar-refractivity contribution >= 4 is 16.7 Å². The summed E-state index contributed by atoms with van der Waals surface area (Å²) in [5.41, 5.74) is 0.762. The van der Waals surface area contributed by atoms with Gasteiger partial charge in [0.25, 0.3) is 0 Å². The van der Waals surface area contributed by atoms with E-state index in [1.807, 2.05) is 13.0 Å². The smallest absolute Gasteiger partial charge is 0.416 e. The predicted molar refractivity (Wildman–Crippen MR) is 124 cm³/mol. The van der Waals surface area contributed by atoms with Crippen LogP contribution in [0.5, 0.6) is 5.75 Å². The number of nitrogens with zero attached hydrogens (tertiary/aromatic N) is 4. The molecule has 3 atom stereocenters. The van der Waals surface area contributed by atoms with Crippen molar-refractivity contribution < 1.29 is 17.9 Å². The summed E-state index contributed by atoms with van der Waals surface area (Å²) in [6, 6.07) is 6.31. The summed E-state index contributed by atoms with van der Waals surface area (Å²) >= 11 is 0. The number of piperidine rings is 1. The van der Waals surface area contributed by atoms with Crippen LogP contribution in [0.1, 0.15) is 55.3 Å². The second-order valence-corrected chi connectivity index (χ2v) is 9.28. The highest BCUT2D eigenvalue weighted by atomic mass is 19.4. The zero-order chi connectivity index (χ0) is 23.9. The van der Waals surface area contributed by atoms with Gasteiger partial charge in [-0.3, -0.25) is 4.98 Å². The van der Waals surface area contributed by atoms with Gasteiger partial charge in [-0.1, -0.05) is 12.1 Å². The third-order valence-electron chi connectivity index (χ3n) is 7.06. The predicted octanol–water partition coefficient (Wildman–Crippen LogP) is 5.53. The summed E-state index contributed by atoms with van der Waals surface area (Å²) in [5, 5.41) is 12.2. The lowest BCUT2D eigenvalue weighted by Crippen LogP contribution is -2.42. The molecular weight excluding hydrogens is 443 g/mol. The molecule has 0 spiro atoms. The van der Waals surface area contributed by atoms with Crippen LogP contribution in [0.2, 0.25) is 0 Å². The van der Waals surface area contributed by atoms with Crippen molar-refractivity contribution in [2.75, 3.05) is 18.4 Å². The van der Waals surface area contributed by atoms with E-state index in [1.165, 1.54) is 32.4 Å². The average Bonchev–Trinajstić information content (AvgIpc) is 3.27. The Balaban J connectivity index is 1.38. The molecule has 2 aromatic heterocycles. The lowest BCUT2D eigenvalue weighted by molar-refractivity contribution is -0.138. The van der Waals surface area contributed by atoms with Gasteiger partial charge in [0, 0.05) is 18.0 Å². The number of alkyl halides is 3. The van der Waals surface area contributed by atoms with E-state index in [-0.39, 0.29) is 11.7 Å². The first kappa shape index (κ1) is 22.8. The maximum Gasteiger partial charge on any atom is 0.416 e. The van der Waals surface area contributed by atoms with Crippen molar-refractivity contribution in [1.29, 1.82) is 0 Å². The number of benzene rings is 1. The van der Waals surface area contributed by atoms with Crippen LogP contribution in [0.3, 0.4) is 0 Å². The van der Waals surface area contributed by atoms with Gasteiger partial charge in [0.1, 0.15) is 11.9 Å². The number of hydrogen-bond acceptors (Lipinski definition) is 6. The van der Waals surface area contributed by atoms with Gasteiger partial charge in [-0.15, -0.1) is 5.10 Å². The standard InChI is InChI=1S/C25H28F3N5O/c1-15-20(6-3-7-22(15)25(26,27)28)16(2)31-24-21-12-19(13-29-23(21)14-30-32-24)34-18-8-10-33-9-4-5-17(33)11-18/h3,6-7,12-14,16-18H,4-5,8-11H2,1-2H3,(H,31,32)/t16-,17?,18?/m1/s1. The highest BCUT2D eigenvalue weighted by Crippen LogP contribution is 2.36. The fourth-order valence-electron chi connectivity index (χ4n) is 5.31. The van der Waals surface area contributed by atoms with E-state index in [0.29, 0.717) is 28.7 Å². The number of rotatable bonds is 5. The van der Waals surface area contributed by atoms with Crippen molar-refractivity contribution in [3.05, 3.63) is 53.3 Å². The Kier molecular flexibility index (Phi) is 6.06. The summed E-state index contributed by atoms with van der Waals surface area (Å²) in [6.07, 6.45) is 3.51. The second-order valence-electron chi connectivity index (χ2n) is 9.28. The summed E-state index contributed by atoms with van der Waals surface area (Å²) in [6.45, 7) is 5.55. The average molecular weight is 472 g/mol. The minimum Gasteiger partial charge on any atom is -0.489 e. The molecule has 2 aliphatic rings. The number of anilines is 1. The fourth-order valence-corrected chi connectivity index (χ4v) is 5.31. The van der Waals surface area contributed by atoms with Crippen LogP contribution in [-0.2, 0) is 6.18 Å². The molecule has 0 saturated carbocycles. The van der Waals surface area contributed by atoms with Gasteiger partial charge in [0.15, 0.2) is 5.82 Å². The lowest BCUT2D eigenvalue weighted by Gasteiger charge is -2.34. The van der Waals surface area contributed by atoms with Gasteiger partial charge >= 0.3 is 6.18 Å². The molecule has 2 unspecified atom stereocenters. The summed E-state index contributed by atoms with van der Waals surface area (Å²) in [5.74, 6) is 1.13. The van der Waals surface area contributed by atoms with Crippen LogP contribution in [0, 0.1) is 6.92 Å². The Hall–Kier alpha value is -2.94. The largest absolute Gasteiger partial charge is 0.489 e. The molecule has 4 heterocycles. The van der Waals surface area contributed by atoms with Crippen LogP contribution < -0.4 is 10.1 Å². The second kappa shape index (κ2) is 9.02. The molecule has 0 amide bonds. The first-order chi connectivity index (χ1) is 16.3. The van der Waals surface area contributed by atoms with Crippen LogP contribution in [0.4, 0.5) is 19.0 Å². The maximum absolute atomic E-state index is 13.4. The van der Waals surface area contributed by atoms with E-state index < -0.39 is 17.8 Å². The third kappa shape index (κ3) is 4.53. The molecule has 0 bridgehead atoms. The van der Waals surface area contributed by atoms with Gasteiger partial charge in [-0.05, 0) is 69.3 Å². The Labute approximate surface area is 196 Å². The van der Waals surface area contributed by atoms with Gasteiger partial charge < -0.3 is 15.0 Å². The highest BCUT2D eigenvalue weighted by Gasteiger charge is 2.34. The van der Waals surface area contributed by atoms with Crippen molar-refractivity contribution in [3.8, 4) is 5.75 Å². The Morgan fingerprint density at radius 2 is 2.03 bits per heavy atom. The monoisotopic (exact) mass is 471 g/mol. The van der Waals surface area contributed by atoms with Crippen molar-refractivity contribution in [3.63, 3.8) is 0 Å². The number of ether oxygens (including phenoxy) is 1. The van der Waals surface area contributed by atoms with Crippen LogP contribution in [0.25, 0.3) is 10.9 Å². The molecule has 1 N–H and O–H groups in total. The van der Waals surface area contributed by atoms with E-state index in [0.717, 1.165) is 30.8 Å². The van der Waals surface area contributed by atoms with Gasteiger partial charge in [-0.2, -0.15) is 18.3 Å². The van der Waals surface area contributed by atoms with E-state index in [2.05, 4.69) is 25.4 Å². The first-order valence-electron chi connectivity index (χ1n) is 11.7. The van der Waals surface area contributed by atoms with Gasteiger partial charge in [0.2, 0.25) is 0 Å². The molecule has 0 aliphatic carbocycles. The summed E-state index contributed by atoms with van der Waals surface area (Å²) in [4.78, 5) is 7.04. The van der Waals surface area contributed by atoms with Crippen LogP contribution >= 0.6 is 0 Å². The number of nitrogens with one attached hydrogen (secondary N) is 1. The number of hydrogen-bond donors (Lipinski definition) is 1. The molecule has 3 aromatic rings. The molecule has 2 fully saturated rings.